The second kappa shape index (κ2) is 23.5. The summed E-state index contributed by atoms with van der Waals surface area (Å²) in [5, 5.41) is 2.31. The van der Waals surface area contributed by atoms with E-state index in [9.17, 15) is 0 Å². The molecular weight excluding hydrogens is 1220 g/mol. The quantitative estimate of drug-likeness (QED) is 0.115. The summed E-state index contributed by atoms with van der Waals surface area (Å²) in [6, 6.07) is 114. The van der Waals surface area contributed by atoms with Crippen LogP contribution in [0.4, 0.5) is 0 Å². The van der Waals surface area contributed by atoms with Crippen molar-refractivity contribution < 1.29 is 20.1 Å². The zero-order chi connectivity index (χ0) is 56.5. The number of rotatable bonds is 12. The summed E-state index contributed by atoms with van der Waals surface area (Å²) in [6.45, 7) is 0. The third-order valence-electron chi connectivity index (χ3n) is 16.2. The summed E-state index contributed by atoms with van der Waals surface area (Å²) >= 11 is 0. The van der Waals surface area contributed by atoms with Gasteiger partial charge in [-0.2, -0.15) is 0 Å². The predicted molar refractivity (Wildman–Crippen MR) is 350 cm³/mol. The van der Waals surface area contributed by atoms with Gasteiger partial charge in [-0.15, -0.1) is 83.4 Å². The van der Waals surface area contributed by atoms with Gasteiger partial charge >= 0.3 is 20.1 Å². The van der Waals surface area contributed by atoms with E-state index in [4.69, 9.17) is 4.98 Å². The third kappa shape index (κ3) is 10.3. The van der Waals surface area contributed by atoms with E-state index in [0.717, 1.165) is 139 Å². The first kappa shape index (κ1) is 53.3. The van der Waals surface area contributed by atoms with E-state index < -0.39 is 0 Å². The molecule has 0 N–H and O–H groups in total. The van der Waals surface area contributed by atoms with Crippen molar-refractivity contribution in [3.8, 4) is 128 Å². The van der Waals surface area contributed by atoms with Gasteiger partial charge < -0.3 is 19.5 Å². The summed E-state index contributed by atoms with van der Waals surface area (Å²) in [7, 11) is 0. The van der Waals surface area contributed by atoms with Crippen LogP contribution in [0.1, 0.15) is 0 Å². The second-order valence-corrected chi connectivity index (χ2v) is 21.2. The Bertz CT molecular complexity index is 4740. The Morgan fingerprint density at radius 1 is 0.256 bits per heavy atom. The van der Waals surface area contributed by atoms with Crippen LogP contribution in [0.3, 0.4) is 0 Å². The van der Waals surface area contributed by atoms with Gasteiger partial charge in [-0.3, -0.25) is 0 Å². The molecule has 0 bridgehead atoms. The Kier molecular flexibility index (Phi) is 14.6. The van der Waals surface area contributed by atoms with Crippen molar-refractivity contribution in [2.75, 3.05) is 0 Å². The van der Waals surface area contributed by atoms with E-state index in [2.05, 4.69) is 288 Å². The summed E-state index contributed by atoms with van der Waals surface area (Å²) in [6.07, 6.45) is 5.67. The van der Waals surface area contributed by atoms with Crippen LogP contribution in [0.25, 0.3) is 150 Å². The molecule has 0 fully saturated rings. The fraction of sp³-hybridized carbons (Fsp3) is 0. The molecule has 404 valence electrons. The number of fused-ring (bicyclic) bond motifs is 3. The molecule has 11 aromatic carbocycles. The van der Waals surface area contributed by atoms with Crippen LogP contribution in [-0.4, -0.2) is 19.5 Å². The number of pyridine rings is 3. The van der Waals surface area contributed by atoms with Crippen LogP contribution in [0.5, 0.6) is 0 Å². The molecule has 0 aliphatic rings. The van der Waals surface area contributed by atoms with Crippen molar-refractivity contribution in [3.05, 3.63) is 328 Å². The molecule has 4 aromatic heterocycles. The van der Waals surface area contributed by atoms with Gasteiger partial charge in [-0.05, 0) is 116 Å². The third-order valence-corrected chi connectivity index (χ3v) is 16.2. The van der Waals surface area contributed by atoms with Gasteiger partial charge in [0.15, 0.2) is 0 Å². The van der Waals surface area contributed by atoms with Gasteiger partial charge in [-0.1, -0.05) is 233 Å². The number of benzene rings is 11. The largest absolute Gasteiger partial charge is 3.00 e. The van der Waals surface area contributed by atoms with Crippen molar-refractivity contribution in [3.63, 3.8) is 0 Å². The van der Waals surface area contributed by atoms with E-state index in [1.165, 1.54) is 10.9 Å². The first-order valence-electron chi connectivity index (χ1n) is 28.6. The zero-order valence-corrected chi connectivity index (χ0v) is 49.0. The van der Waals surface area contributed by atoms with E-state index in [1.807, 2.05) is 55.0 Å². The predicted octanol–water partition coefficient (Wildman–Crippen LogP) is 20.7. The maximum Gasteiger partial charge on any atom is 3.00 e. The number of aromatic nitrogens is 4. The van der Waals surface area contributed by atoms with Gasteiger partial charge in [0.1, 0.15) is 0 Å². The molecule has 5 heteroatoms. The molecule has 0 saturated heterocycles. The van der Waals surface area contributed by atoms with E-state index in [-0.39, 0.29) is 20.1 Å². The maximum atomic E-state index is 5.22. The Hall–Kier alpha value is -10.7. The second-order valence-electron chi connectivity index (χ2n) is 21.2. The molecule has 0 aliphatic carbocycles. The summed E-state index contributed by atoms with van der Waals surface area (Å²) < 4.78 is 2.31. The fourth-order valence-electron chi connectivity index (χ4n) is 12.0. The summed E-state index contributed by atoms with van der Waals surface area (Å²) in [4.78, 5) is 14.4. The SMILES string of the molecule is [Ir+3].[c-]1cc(-c2ccccc2-c2cc(-c3ccccc3-c3c[c-]c(-c4ccccn4)cc3)cc(-c3ccccc3-c3c[c-]c(-c4cc5c6ccccc6n(-c6ccccc6)c5cn4)cc3-c3ccc(-c4ccccc4)cc3)c2)ccc1-c1ccccn1. The molecule has 0 unspecified atom stereocenters. The average Bonchev–Trinajstić information content (AvgIpc) is 1.92. The van der Waals surface area contributed by atoms with Crippen LogP contribution in [0.15, 0.2) is 310 Å². The molecular formula is C81H51IrN4. The number of nitrogens with zero attached hydrogens (tertiary/aromatic N) is 4. The van der Waals surface area contributed by atoms with Crippen LogP contribution >= 0.6 is 0 Å². The van der Waals surface area contributed by atoms with Crippen LogP contribution < -0.4 is 0 Å². The Morgan fingerprint density at radius 2 is 0.709 bits per heavy atom. The van der Waals surface area contributed by atoms with Gasteiger partial charge in [-0.25, -0.2) is 0 Å². The summed E-state index contributed by atoms with van der Waals surface area (Å²) in [5.74, 6) is 0. The van der Waals surface area contributed by atoms with E-state index in [0.29, 0.717) is 0 Å². The maximum absolute atomic E-state index is 5.22. The minimum Gasteiger partial charge on any atom is -0.308 e. The Balaban J connectivity index is 0.00000653. The van der Waals surface area contributed by atoms with Crippen LogP contribution in [0, 0.1) is 18.2 Å². The molecule has 0 amide bonds. The van der Waals surface area contributed by atoms with Crippen molar-refractivity contribution >= 4 is 21.8 Å². The van der Waals surface area contributed by atoms with Gasteiger partial charge in [0.25, 0.3) is 0 Å². The van der Waals surface area contributed by atoms with Crippen molar-refractivity contribution in [1.82, 2.24) is 19.5 Å². The van der Waals surface area contributed by atoms with Crippen LogP contribution in [-0.2, 0) is 20.1 Å². The number of para-hydroxylation sites is 2. The molecule has 86 heavy (non-hydrogen) atoms. The normalized spacial score (nSPS) is 11.2. The number of hydrogen-bond donors (Lipinski definition) is 0. The summed E-state index contributed by atoms with van der Waals surface area (Å²) in [5.41, 5.74) is 26.3. The van der Waals surface area contributed by atoms with Gasteiger partial charge in [0, 0.05) is 35.1 Å². The molecule has 15 rings (SSSR count). The molecule has 0 aliphatic heterocycles. The Labute approximate surface area is 514 Å². The van der Waals surface area contributed by atoms with Crippen molar-refractivity contribution in [2.45, 2.75) is 0 Å². The molecule has 4 nitrogen and oxygen atoms in total. The molecule has 15 aromatic rings. The number of hydrogen-bond acceptors (Lipinski definition) is 3. The smallest absolute Gasteiger partial charge is 0.308 e. The van der Waals surface area contributed by atoms with Gasteiger partial charge in [0.05, 0.1) is 11.0 Å². The monoisotopic (exact) mass is 1270 g/mol. The minimum atomic E-state index is 0. The Morgan fingerprint density at radius 3 is 1.26 bits per heavy atom. The molecule has 0 spiro atoms. The minimum absolute atomic E-state index is 0. The first-order chi connectivity index (χ1) is 42.1. The average molecular weight is 1270 g/mol. The molecule has 4 heterocycles. The molecule has 0 atom stereocenters. The van der Waals surface area contributed by atoms with Crippen LogP contribution in [0.2, 0.25) is 0 Å². The topological polar surface area (TPSA) is 43.6 Å². The standard InChI is InChI=1S/C81H51N4.Ir/c1-3-19-55(20-4-1)56-33-35-59(36-34-56)75-52-62(79-53-76-74-29-13-14-32-80(74)85(81(76)54-84-79)66-21-5-2-6-22-66)45-46-73(75)72-28-12-11-27-71(72)65-50-63(69-25-9-7-23-67(69)57-37-41-60(42-38-57)77-30-15-17-47-82-77)49-64(51-65)70-26-10-8-24-68(70)58-39-43-61(44-40-58)78-31-16-18-48-83-78;/h1-41,43,46-54H;/q-3;+3. The van der Waals surface area contributed by atoms with Crippen molar-refractivity contribution in [1.29, 1.82) is 0 Å². The van der Waals surface area contributed by atoms with Crippen molar-refractivity contribution in [2.24, 2.45) is 0 Å². The molecule has 0 radical (unpaired) electrons. The van der Waals surface area contributed by atoms with Gasteiger partial charge in [0.2, 0.25) is 0 Å². The first-order valence-corrected chi connectivity index (χ1v) is 28.6. The van der Waals surface area contributed by atoms with E-state index >= 15 is 0 Å². The fourth-order valence-corrected chi connectivity index (χ4v) is 12.0. The zero-order valence-electron chi connectivity index (χ0n) is 46.6. The molecule has 0 saturated carbocycles. The van der Waals surface area contributed by atoms with E-state index in [1.54, 1.807) is 0 Å².